The zero-order valence-electron chi connectivity index (χ0n) is 11.6. The van der Waals surface area contributed by atoms with Crippen molar-refractivity contribution in [2.75, 3.05) is 11.9 Å². The van der Waals surface area contributed by atoms with Crippen molar-refractivity contribution in [2.24, 2.45) is 5.41 Å². The predicted molar refractivity (Wildman–Crippen MR) is 83.3 cm³/mol. The Morgan fingerprint density at radius 3 is 2.47 bits per heavy atom. The van der Waals surface area contributed by atoms with Gasteiger partial charge in [0.25, 0.3) is 0 Å². The number of halogens is 1. The van der Waals surface area contributed by atoms with Gasteiger partial charge in [-0.15, -0.1) is 0 Å². The third-order valence-corrected chi connectivity index (χ3v) is 6.00. The first kappa shape index (κ1) is 13.5. The van der Waals surface area contributed by atoms with E-state index in [-0.39, 0.29) is 0 Å². The molecule has 0 bridgehead atoms. The summed E-state index contributed by atoms with van der Waals surface area (Å²) in [6.07, 6.45) is 10.5. The molecule has 19 heavy (non-hydrogen) atoms. The van der Waals surface area contributed by atoms with E-state index in [9.17, 15) is 0 Å². The summed E-state index contributed by atoms with van der Waals surface area (Å²) in [5.74, 6) is 1.08. The number of benzene rings is 1. The predicted octanol–water partition coefficient (Wildman–Crippen LogP) is 4.90. The van der Waals surface area contributed by atoms with Gasteiger partial charge in [0.2, 0.25) is 0 Å². The van der Waals surface area contributed by atoms with Crippen LogP contribution in [0.1, 0.15) is 49.7 Å². The third-order valence-electron chi connectivity index (χ3n) is 4.81. The fourth-order valence-electron chi connectivity index (χ4n) is 3.48. The smallest absolute Gasteiger partial charge is 0.119 e. The molecule has 2 aliphatic rings. The summed E-state index contributed by atoms with van der Waals surface area (Å²) in [4.78, 5) is 0. The lowest BCUT2D eigenvalue weighted by molar-refractivity contribution is 0.174. The largest absolute Gasteiger partial charge is 0.493 e. The first-order valence-electron chi connectivity index (χ1n) is 7.62. The quantitative estimate of drug-likeness (QED) is 0.716. The Kier molecular flexibility index (Phi) is 4.16. The normalized spacial score (nSPS) is 21.1. The van der Waals surface area contributed by atoms with Crippen LogP contribution in [0.5, 0.6) is 5.75 Å². The van der Waals surface area contributed by atoms with Crippen LogP contribution in [0.15, 0.2) is 18.2 Å². The highest BCUT2D eigenvalue weighted by atomic mass is 79.9. The van der Waals surface area contributed by atoms with E-state index in [0.717, 1.165) is 17.7 Å². The lowest BCUT2D eigenvalue weighted by atomic mass is 9.90. The summed E-state index contributed by atoms with van der Waals surface area (Å²) >= 11 is 3.69. The summed E-state index contributed by atoms with van der Waals surface area (Å²) in [5.41, 5.74) is 3.44. The molecule has 1 fully saturated rings. The van der Waals surface area contributed by atoms with Crippen molar-refractivity contribution >= 4 is 15.9 Å². The zero-order valence-corrected chi connectivity index (χ0v) is 13.2. The number of aryl methyl sites for hydroxylation is 2. The topological polar surface area (TPSA) is 9.23 Å². The Bertz CT molecular complexity index is 435. The van der Waals surface area contributed by atoms with Crippen molar-refractivity contribution in [1.82, 2.24) is 0 Å². The minimum Gasteiger partial charge on any atom is -0.493 e. The van der Waals surface area contributed by atoms with Gasteiger partial charge in [0.05, 0.1) is 6.61 Å². The highest BCUT2D eigenvalue weighted by Gasteiger charge is 2.33. The first-order valence-corrected chi connectivity index (χ1v) is 8.74. The van der Waals surface area contributed by atoms with E-state index in [2.05, 4.69) is 34.1 Å². The highest BCUT2D eigenvalue weighted by molar-refractivity contribution is 9.09. The molecule has 3 rings (SSSR count). The first-order chi connectivity index (χ1) is 9.31. The molecule has 0 saturated heterocycles. The second-order valence-corrected chi connectivity index (χ2v) is 6.83. The summed E-state index contributed by atoms with van der Waals surface area (Å²) < 4.78 is 6.12. The fourth-order valence-corrected chi connectivity index (χ4v) is 4.20. The maximum atomic E-state index is 6.12. The van der Waals surface area contributed by atoms with Gasteiger partial charge in [-0.05, 0) is 61.8 Å². The maximum Gasteiger partial charge on any atom is 0.119 e. The standard InChI is InChI=1S/C17H23BrO/c18-12-17(9-3-4-10-17)13-19-16-8-7-14-5-1-2-6-15(14)11-16/h7-8,11H,1-6,9-10,12-13H2. The highest BCUT2D eigenvalue weighted by Crippen LogP contribution is 2.40. The van der Waals surface area contributed by atoms with Gasteiger partial charge in [0.1, 0.15) is 5.75 Å². The molecule has 0 radical (unpaired) electrons. The lowest BCUT2D eigenvalue weighted by Crippen LogP contribution is -2.27. The Labute approximate surface area is 124 Å². The molecular formula is C17H23BrO. The Hall–Kier alpha value is -0.500. The van der Waals surface area contributed by atoms with Gasteiger partial charge in [0.15, 0.2) is 0 Å². The van der Waals surface area contributed by atoms with E-state index in [1.807, 2.05) is 0 Å². The number of hydrogen-bond donors (Lipinski definition) is 0. The summed E-state index contributed by atoms with van der Waals surface area (Å²) in [6.45, 7) is 0.872. The minimum absolute atomic E-state index is 0.385. The van der Waals surface area contributed by atoms with Gasteiger partial charge in [-0.1, -0.05) is 34.8 Å². The van der Waals surface area contributed by atoms with Gasteiger partial charge < -0.3 is 4.74 Å². The van der Waals surface area contributed by atoms with Crippen LogP contribution in [0, 0.1) is 5.41 Å². The van der Waals surface area contributed by atoms with Crippen molar-refractivity contribution in [3.63, 3.8) is 0 Å². The molecule has 1 aromatic rings. The lowest BCUT2D eigenvalue weighted by Gasteiger charge is -2.27. The molecule has 1 saturated carbocycles. The monoisotopic (exact) mass is 322 g/mol. The molecule has 0 unspecified atom stereocenters. The van der Waals surface area contributed by atoms with Crippen LogP contribution in [0.2, 0.25) is 0 Å². The van der Waals surface area contributed by atoms with E-state index < -0.39 is 0 Å². The number of hydrogen-bond acceptors (Lipinski definition) is 1. The Morgan fingerprint density at radius 2 is 1.74 bits per heavy atom. The Morgan fingerprint density at radius 1 is 1.00 bits per heavy atom. The minimum atomic E-state index is 0.385. The molecule has 1 aromatic carbocycles. The second-order valence-electron chi connectivity index (χ2n) is 6.27. The fraction of sp³-hybridized carbons (Fsp3) is 0.647. The van der Waals surface area contributed by atoms with Gasteiger partial charge in [-0.2, -0.15) is 0 Å². The van der Waals surface area contributed by atoms with Crippen LogP contribution in [0.25, 0.3) is 0 Å². The molecule has 2 heteroatoms. The molecule has 0 spiro atoms. The van der Waals surface area contributed by atoms with Crippen LogP contribution < -0.4 is 4.74 Å². The third kappa shape index (κ3) is 2.99. The van der Waals surface area contributed by atoms with E-state index >= 15 is 0 Å². The summed E-state index contributed by atoms with van der Waals surface area (Å²) in [5, 5.41) is 1.07. The van der Waals surface area contributed by atoms with Crippen LogP contribution in [-0.4, -0.2) is 11.9 Å². The zero-order chi connectivity index (χ0) is 13.1. The van der Waals surface area contributed by atoms with Crippen LogP contribution in [0.4, 0.5) is 0 Å². The number of rotatable bonds is 4. The van der Waals surface area contributed by atoms with E-state index in [1.54, 1.807) is 0 Å². The van der Waals surface area contributed by atoms with Crippen LogP contribution in [-0.2, 0) is 12.8 Å². The molecule has 0 aliphatic heterocycles. The average molecular weight is 323 g/mol. The number of ether oxygens (including phenoxy) is 1. The summed E-state index contributed by atoms with van der Waals surface area (Å²) in [6, 6.07) is 6.73. The molecule has 0 aromatic heterocycles. The maximum absolute atomic E-state index is 6.12. The number of alkyl halides is 1. The summed E-state index contributed by atoms with van der Waals surface area (Å²) in [7, 11) is 0. The second kappa shape index (κ2) is 5.87. The van der Waals surface area contributed by atoms with Gasteiger partial charge in [0, 0.05) is 10.7 Å². The van der Waals surface area contributed by atoms with E-state index in [0.29, 0.717) is 5.41 Å². The van der Waals surface area contributed by atoms with E-state index in [1.165, 1.54) is 62.5 Å². The SMILES string of the molecule is BrCC1(COc2ccc3c(c2)CCCC3)CCCC1. The molecule has 1 nitrogen and oxygen atoms in total. The molecule has 0 atom stereocenters. The average Bonchev–Trinajstić information content (AvgIpc) is 2.94. The molecule has 2 aliphatic carbocycles. The Balaban J connectivity index is 1.66. The van der Waals surface area contributed by atoms with E-state index in [4.69, 9.17) is 4.74 Å². The number of fused-ring (bicyclic) bond motifs is 1. The van der Waals surface area contributed by atoms with Gasteiger partial charge in [-0.25, -0.2) is 0 Å². The van der Waals surface area contributed by atoms with Gasteiger partial charge in [-0.3, -0.25) is 0 Å². The van der Waals surface area contributed by atoms with Crippen molar-refractivity contribution in [3.8, 4) is 5.75 Å². The molecule has 0 amide bonds. The molecular weight excluding hydrogens is 300 g/mol. The van der Waals surface area contributed by atoms with Crippen LogP contribution in [0.3, 0.4) is 0 Å². The van der Waals surface area contributed by atoms with Crippen molar-refractivity contribution in [1.29, 1.82) is 0 Å². The van der Waals surface area contributed by atoms with Crippen LogP contribution >= 0.6 is 15.9 Å². The molecule has 0 heterocycles. The van der Waals surface area contributed by atoms with Crippen molar-refractivity contribution in [3.05, 3.63) is 29.3 Å². The van der Waals surface area contributed by atoms with Crippen molar-refractivity contribution < 1.29 is 4.74 Å². The molecule has 0 N–H and O–H groups in total. The van der Waals surface area contributed by atoms with Gasteiger partial charge >= 0.3 is 0 Å². The molecule has 104 valence electrons. The van der Waals surface area contributed by atoms with Crippen molar-refractivity contribution in [2.45, 2.75) is 51.4 Å².